The van der Waals surface area contributed by atoms with Crippen LogP contribution >= 0.6 is 0 Å². The number of nitrogens with zero attached hydrogens (tertiary/aromatic N) is 3. The summed E-state index contributed by atoms with van der Waals surface area (Å²) in [6.45, 7) is 7.46. The van der Waals surface area contributed by atoms with Crippen LogP contribution in [0.5, 0.6) is 0 Å². The largest absolute Gasteiger partial charge is 0.298 e. The van der Waals surface area contributed by atoms with E-state index in [0.29, 0.717) is 12.1 Å². The number of rotatable bonds is 4. The van der Waals surface area contributed by atoms with Gasteiger partial charge in [-0.1, -0.05) is 18.2 Å². The van der Waals surface area contributed by atoms with E-state index in [9.17, 15) is 8.78 Å². The van der Waals surface area contributed by atoms with Crippen LogP contribution in [0.2, 0.25) is 0 Å². The Hall–Kier alpha value is -1.85. The first-order valence-corrected chi connectivity index (χ1v) is 9.83. The smallest absolute Gasteiger partial charge is 0.163 e. The molecule has 3 nitrogen and oxygen atoms in total. The number of piperidine rings is 1. The normalized spacial score (nSPS) is 24.0. The molecule has 0 saturated carbocycles. The number of aromatic nitrogens is 1. The predicted octanol–water partition coefficient (Wildman–Crippen LogP) is 4.16. The average Bonchev–Trinajstić information content (AvgIpc) is 3.01. The maximum absolute atomic E-state index is 14.0. The van der Waals surface area contributed by atoms with Crippen molar-refractivity contribution in [2.24, 2.45) is 5.41 Å². The van der Waals surface area contributed by atoms with Crippen LogP contribution < -0.4 is 0 Å². The van der Waals surface area contributed by atoms with Gasteiger partial charge in [-0.25, -0.2) is 8.78 Å². The third-order valence-corrected chi connectivity index (χ3v) is 6.01. The van der Waals surface area contributed by atoms with E-state index in [1.807, 2.05) is 13.0 Å². The second-order valence-electron chi connectivity index (χ2n) is 8.26. The molecule has 3 heterocycles. The van der Waals surface area contributed by atoms with Gasteiger partial charge in [0.1, 0.15) is 0 Å². The predicted molar refractivity (Wildman–Crippen MR) is 102 cm³/mol. The molecular formula is C22H27F2N3. The molecule has 0 aliphatic carbocycles. The number of likely N-dealkylation sites (tertiary alicyclic amines) is 2. The molecule has 5 heteroatoms. The van der Waals surface area contributed by atoms with E-state index in [1.54, 1.807) is 12.1 Å². The van der Waals surface area contributed by atoms with Gasteiger partial charge in [-0.05, 0) is 62.9 Å². The summed E-state index contributed by atoms with van der Waals surface area (Å²) in [5, 5.41) is 0. The molecule has 1 aromatic carbocycles. The van der Waals surface area contributed by atoms with E-state index >= 15 is 0 Å². The van der Waals surface area contributed by atoms with Crippen molar-refractivity contribution >= 4 is 0 Å². The molecule has 2 aromatic rings. The Bertz CT molecular complexity index is 810. The zero-order valence-electron chi connectivity index (χ0n) is 15.9. The molecule has 2 fully saturated rings. The van der Waals surface area contributed by atoms with E-state index in [1.165, 1.54) is 18.9 Å². The van der Waals surface area contributed by atoms with E-state index in [-0.39, 0.29) is 5.41 Å². The van der Waals surface area contributed by atoms with Gasteiger partial charge < -0.3 is 0 Å². The third kappa shape index (κ3) is 4.19. The fourth-order valence-electron chi connectivity index (χ4n) is 4.77. The summed E-state index contributed by atoms with van der Waals surface area (Å²) in [6.07, 6.45) is 3.50. The van der Waals surface area contributed by atoms with Gasteiger partial charge in [-0.3, -0.25) is 14.8 Å². The summed E-state index contributed by atoms with van der Waals surface area (Å²) in [5.74, 6) is -1.45. The maximum atomic E-state index is 14.0. The van der Waals surface area contributed by atoms with Gasteiger partial charge in [-0.2, -0.15) is 0 Å². The lowest BCUT2D eigenvalue weighted by atomic mass is 9.79. The molecule has 27 heavy (non-hydrogen) atoms. The topological polar surface area (TPSA) is 19.4 Å². The summed E-state index contributed by atoms with van der Waals surface area (Å²) in [6, 6.07) is 10.7. The fourth-order valence-corrected chi connectivity index (χ4v) is 4.77. The zero-order chi connectivity index (χ0) is 18.9. The molecule has 1 unspecified atom stereocenters. The summed E-state index contributed by atoms with van der Waals surface area (Å²) in [5.41, 5.74) is 2.92. The van der Waals surface area contributed by atoms with Crippen LogP contribution in [0.4, 0.5) is 8.78 Å². The lowest BCUT2D eigenvalue weighted by molar-refractivity contribution is 0.0855. The molecule has 1 spiro atoms. The third-order valence-electron chi connectivity index (χ3n) is 6.01. The molecule has 2 saturated heterocycles. The fraction of sp³-hybridized carbons (Fsp3) is 0.500. The average molecular weight is 371 g/mol. The minimum atomic E-state index is -0.753. The van der Waals surface area contributed by atoms with Crippen LogP contribution in [0.3, 0.4) is 0 Å². The molecule has 0 N–H and O–H groups in total. The standard InChI is InChI=1S/C22H27F2N3/c1-17-5-2-7-19(25-17)14-27-12-10-22(16-27)9-4-11-26(15-22)13-18-6-3-8-20(23)21(18)24/h2-3,5-8H,4,9-16H2,1H3. The summed E-state index contributed by atoms with van der Waals surface area (Å²) in [7, 11) is 0. The number of benzene rings is 1. The maximum Gasteiger partial charge on any atom is 0.163 e. The van der Waals surface area contributed by atoms with Gasteiger partial charge in [0, 0.05) is 37.4 Å². The first kappa shape index (κ1) is 18.5. The Kier molecular flexibility index (Phi) is 5.24. The highest BCUT2D eigenvalue weighted by Gasteiger charge is 2.41. The number of hydrogen-bond acceptors (Lipinski definition) is 3. The first-order valence-electron chi connectivity index (χ1n) is 9.83. The van der Waals surface area contributed by atoms with Crippen molar-refractivity contribution in [1.82, 2.24) is 14.8 Å². The number of aryl methyl sites for hydroxylation is 1. The molecule has 144 valence electrons. The van der Waals surface area contributed by atoms with Crippen molar-refractivity contribution in [3.63, 3.8) is 0 Å². The highest BCUT2D eigenvalue weighted by atomic mass is 19.2. The highest BCUT2D eigenvalue weighted by Crippen LogP contribution is 2.39. The van der Waals surface area contributed by atoms with E-state index in [0.717, 1.165) is 50.5 Å². The van der Waals surface area contributed by atoms with Crippen LogP contribution in [0, 0.1) is 24.0 Å². The summed E-state index contributed by atoms with van der Waals surface area (Å²) in [4.78, 5) is 9.43. The zero-order valence-corrected chi connectivity index (χ0v) is 15.9. The van der Waals surface area contributed by atoms with Crippen molar-refractivity contribution < 1.29 is 8.78 Å². The first-order chi connectivity index (χ1) is 13.0. The molecule has 2 aliphatic heterocycles. The van der Waals surface area contributed by atoms with Crippen LogP contribution in [-0.4, -0.2) is 41.0 Å². The van der Waals surface area contributed by atoms with Crippen LogP contribution in [0.1, 0.15) is 36.2 Å². The van der Waals surface area contributed by atoms with Crippen LogP contribution in [0.15, 0.2) is 36.4 Å². The van der Waals surface area contributed by atoms with Crippen molar-refractivity contribution in [2.75, 3.05) is 26.2 Å². The Morgan fingerprint density at radius 3 is 2.56 bits per heavy atom. The van der Waals surface area contributed by atoms with Crippen LogP contribution in [0.25, 0.3) is 0 Å². The Morgan fingerprint density at radius 2 is 1.74 bits per heavy atom. The number of pyridine rings is 1. The van der Waals surface area contributed by atoms with E-state index < -0.39 is 11.6 Å². The summed E-state index contributed by atoms with van der Waals surface area (Å²) < 4.78 is 27.6. The van der Waals surface area contributed by atoms with E-state index in [4.69, 9.17) is 0 Å². The van der Waals surface area contributed by atoms with Gasteiger partial charge in [0.2, 0.25) is 0 Å². The Morgan fingerprint density at radius 1 is 0.963 bits per heavy atom. The minimum Gasteiger partial charge on any atom is -0.298 e. The highest BCUT2D eigenvalue weighted by molar-refractivity contribution is 5.19. The molecule has 1 atom stereocenters. The van der Waals surface area contributed by atoms with Crippen molar-refractivity contribution in [3.05, 3.63) is 65.0 Å². The van der Waals surface area contributed by atoms with Crippen molar-refractivity contribution in [3.8, 4) is 0 Å². The minimum absolute atomic E-state index is 0.270. The molecule has 1 aromatic heterocycles. The lowest BCUT2D eigenvalue weighted by Crippen LogP contribution is -2.44. The van der Waals surface area contributed by atoms with Gasteiger partial charge in [0.25, 0.3) is 0 Å². The van der Waals surface area contributed by atoms with E-state index in [2.05, 4.69) is 26.9 Å². The molecule has 0 radical (unpaired) electrons. The second-order valence-corrected chi connectivity index (χ2v) is 8.26. The van der Waals surface area contributed by atoms with Gasteiger partial charge >= 0.3 is 0 Å². The molecular weight excluding hydrogens is 344 g/mol. The molecule has 0 amide bonds. The van der Waals surface area contributed by atoms with Gasteiger partial charge in [-0.15, -0.1) is 0 Å². The van der Waals surface area contributed by atoms with Crippen molar-refractivity contribution in [1.29, 1.82) is 0 Å². The SMILES string of the molecule is Cc1cccc(CN2CCC3(CCCN(Cc4cccc(F)c4F)C3)C2)n1. The molecule has 2 aliphatic rings. The number of halogens is 2. The van der Waals surface area contributed by atoms with Gasteiger partial charge in [0.05, 0.1) is 5.69 Å². The lowest BCUT2D eigenvalue weighted by Gasteiger charge is -2.40. The summed E-state index contributed by atoms with van der Waals surface area (Å²) >= 11 is 0. The molecule has 0 bridgehead atoms. The quantitative estimate of drug-likeness (QED) is 0.805. The van der Waals surface area contributed by atoms with Gasteiger partial charge in [0.15, 0.2) is 11.6 Å². The Balaban J connectivity index is 1.40. The monoisotopic (exact) mass is 371 g/mol. The Labute approximate surface area is 160 Å². The van der Waals surface area contributed by atoms with Crippen molar-refractivity contribution in [2.45, 2.75) is 39.3 Å². The second kappa shape index (κ2) is 7.64. The van der Waals surface area contributed by atoms with Crippen LogP contribution in [-0.2, 0) is 13.1 Å². The number of hydrogen-bond donors (Lipinski definition) is 0. The molecule has 4 rings (SSSR count).